The summed E-state index contributed by atoms with van der Waals surface area (Å²) in [5.41, 5.74) is -0.228. The van der Waals surface area contributed by atoms with E-state index in [0.717, 1.165) is 4.88 Å². The highest BCUT2D eigenvalue weighted by molar-refractivity contribution is 7.13. The molecule has 0 aliphatic heterocycles. The highest BCUT2D eigenvalue weighted by atomic mass is 32.1. The Kier molecular flexibility index (Phi) is 6.47. The van der Waals surface area contributed by atoms with Crippen LogP contribution in [0, 0.1) is 10.1 Å². The van der Waals surface area contributed by atoms with Gasteiger partial charge in [-0.25, -0.2) is 0 Å². The molecule has 3 rings (SSSR count). The van der Waals surface area contributed by atoms with E-state index in [9.17, 15) is 19.7 Å². The number of nitrogens with zero attached hydrogens (tertiary/aromatic N) is 3. The molecule has 0 atom stereocenters. The average Bonchev–Trinajstić information content (AvgIpc) is 3.41. The fourth-order valence-electron chi connectivity index (χ4n) is 2.20. The van der Waals surface area contributed by atoms with Gasteiger partial charge in [-0.15, -0.1) is 11.3 Å². The van der Waals surface area contributed by atoms with Gasteiger partial charge in [0.05, 0.1) is 9.80 Å². The van der Waals surface area contributed by atoms with E-state index in [-0.39, 0.29) is 30.4 Å². The minimum atomic E-state index is -0.593. The molecule has 1 aromatic carbocycles. The van der Waals surface area contributed by atoms with Crippen LogP contribution >= 0.6 is 11.3 Å². The summed E-state index contributed by atoms with van der Waals surface area (Å²) < 4.78 is 10.1. The lowest BCUT2D eigenvalue weighted by Crippen LogP contribution is -2.36. The summed E-state index contributed by atoms with van der Waals surface area (Å²) >= 11 is 1.42. The Morgan fingerprint density at radius 3 is 2.72 bits per heavy atom. The number of carbonyl (C=O) groups is 2. The molecule has 2 aromatic heterocycles. The molecule has 150 valence electrons. The number of para-hydroxylation sites is 2. The van der Waals surface area contributed by atoms with Gasteiger partial charge in [-0.2, -0.15) is 4.98 Å². The minimum absolute atomic E-state index is 0.00103. The van der Waals surface area contributed by atoms with Gasteiger partial charge in [-0.1, -0.05) is 23.4 Å². The number of amides is 2. The molecule has 0 saturated heterocycles. The van der Waals surface area contributed by atoms with E-state index < -0.39 is 23.3 Å². The maximum Gasteiger partial charge on any atom is 0.316 e. The maximum absolute atomic E-state index is 12.0. The van der Waals surface area contributed by atoms with Gasteiger partial charge in [-0.3, -0.25) is 19.7 Å². The highest BCUT2D eigenvalue weighted by Gasteiger charge is 2.17. The third-order valence-electron chi connectivity index (χ3n) is 3.52. The monoisotopic (exact) mass is 417 g/mol. The van der Waals surface area contributed by atoms with Gasteiger partial charge in [0, 0.05) is 19.2 Å². The number of hydrogen-bond acceptors (Lipinski definition) is 9. The SMILES string of the molecule is O=C(COc1ccccc1[N+](=O)[O-])NCCNC(=O)c1nc(-c2cccs2)no1. The number of benzene rings is 1. The fourth-order valence-corrected chi connectivity index (χ4v) is 2.85. The quantitative estimate of drug-likeness (QED) is 0.303. The van der Waals surface area contributed by atoms with Crippen molar-refractivity contribution in [3.05, 3.63) is 57.8 Å². The lowest BCUT2D eigenvalue weighted by Gasteiger charge is -2.08. The van der Waals surface area contributed by atoms with Crippen molar-refractivity contribution in [3.63, 3.8) is 0 Å². The molecule has 2 heterocycles. The lowest BCUT2D eigenvalue weighted by atomic mass is 10.3. The molecule has 0 spiro atoms. The number of nitro benzene ring substituents is 1. The first kappa shape index (κ1) is 19.9. The van der Waals surface area contributed by atoms with Crippen LogP contribution in [0.15, 0.2) is 46.3 Å². The van der Waals surface area contributed by atoms with E-state index in [1.54, 1.807) is 12.1 Å². The van der Waals surface area contributed by atoms with E-state index in [1.807, 2.05) is 11.4 Å². The number of nitrogens with one attached hydrogen (secondary N) is 2. The van der Waals surface area contributed by atoms with Gasteiger partial charge in [-0.05, 0) is 17.5 Å². The van der Waals surface area contributed by atoms with Crippen LogP contribution in [-0.4, -0.2) is 46.6 Å². The number of ether oxygens (including phenoxy) is 1. The fraction of sp³-hybridized carbons (Fsp3) is 0.176. The van der Waals surface area contributed by atoms with Crippen LogP contribution in [0.2, 0.25) is 0 Å². The molecule has 12 heteroatoms. The Balaban J connectivity index is 1.39. The predicted molar refractivity (Wildman–Crippen MR) is 102 cm³/mol. The van der Waals surface area contributed by atoms with Crippen LogP contribution < -0.4 is 15.4 Å². The Morgan fingerprint density at radius 2 is 1.97 bits per heavy atom. The van der Waals surface area contributed by atoms with Crippen molar-refractivity contribution in [2.45, 2.75) is 0 Å². The Labute approximate surface area is 167 Å². The van der Waals surface area contributed by atoms with Gasteiger partial charge in [0.1, 0.15) is 0 Å². The van der Waals surface area contributed by atoms with Crippen LogP contribution in [0.3, 0.4) is 0 Å². The van der Waals surface area contributed by atoms with Crippen molar-refractivity contribution >= 4 is 28.8 Å². The van der Waals surface area contributed by atoms with Gasteiger partial charge >= 0.3 is 17.5 Å². The molecule has 11 nitrogen and oxygen atoms in total. The Hall–Kier alpha value is -3.80. The lowest BCUT2D eigenvalue weighted by molar-refractivity contribution is -0.385. The number of rotatable bonds is 9. The summed E-state index contributed by atoms with van der Waals surface area (Å²) in [7, 11) is 0. The smallest absolute Gasteiger partial charge is 0.316 e. The predicted octanol–water partition coefficient (Wildman–Crippen LogP) is 1.63. The third kappa shape index (κ3) is 5.35. The zero-order chi connectivity index (χ0) is 20.6. The van der Waals surface area contributed by atoms with E-state index in [4.69, 9.17) is 9.26 Å². The minimum Gasteiger partial charge on any atom is -0.477 e. The third-order valence-corrected chi connectivity index (χ3v) is 4.38. The van der Waals surface area contributed by atoms with E-state index in [0.29, 0.717) is 5.82 Å². The first-order valence-electron chi connectivity index (χ1n) is 8.33. The summed E-state index contributed by atoms with van der Waals surface area (Å²) in [5.74, 6) is -0.912. The largest absolute Gasteiger partial charge is 0.477 e. The summed E-state index contributed by atoms with van der Waals surface area (Å²) in [5, 5.41) is 21.5. The zero-order valence-corrected chi connectivity index (χ0v) is 15.7. The van der Waals surface area contributed by atoms with Crippen LogP contribution in [-0.2, 0) is 4.79 Å². The van der Waals surface area contributed by atoms with E-state index in [2.05, 4.69) is 20.8 Å². The molecule has 0 radical (unpaired) electrons. The van der Waals surface area contributed by atoms with Gasteiger partial charge in [0.2, 0.25) is 5.82 Å². The molecule has 3 aromatic rings. The van der Waals surface area contributed by atoms with Crippen molar-refractivity contribution in [2.75, 3.05) is 19.7 Å². The average molecular weight is 417 g/mol. The van der Waals surface area contributed by atoms with Crippen molar-refractivity contribution in [3.8, 4) is 16.5 Å². The first-order valence-corrected chi connectivity index (χ1v) is 9.21. The van der Waals surface area contributed by atoms with Crippen molar-refractivity contribution in [1.29, 1.82) is 0 Å². The number of carbonyl (C=O) groups excluding carboxylic acids is 2. The second-order valence-electron chi connectivity index (χ2n) is 5.52. The van der Waals surface area contributed by atoms with Crippen LogP contribution in [0.4, 0.5) is 5.69 Å². The number of aromatic nitrogens is 2. The summed E-state index contributed by atoms with van der Waals surface area (Å²) in [6.45, 7) is -0.157. The molecule has 0 fully saturated rings. The van der Waals surface area contributed by atoms with E-state index in [1.165, 1.54) is 29.5 Å². The summed E-state index contributed by atoms with van der Waals surface area (Å²) in [4.78, 5) is 38.9. The standard InChI is InChI=1S/C17H15N5O6S/c23-14(10-27-12-5-2-1-4-11(12)22(25)26)18-7-8-19-16(24)17-20-15(21-28-17)13-6-3-9-29-13/h1-6,9H,7-8,10H2,(H,18,23)(H,19,24). The molecule has 0 unspecified atom stereocenters. The van der Waals surface area contributed by atoms with Crippen LogP contribution in [0.1, 0.15) is 10.7 Å². The first-order chi connectivity index (χ1) is 14.0. The van der Waals surface area contributed by atoms with Gasteiger partial charge in [0.25, 0.3) is 5.91 Å². The van der Waals surface area contributed by atoms with Crippen LogP contribution in [0.5, 0.6) is 5.75 Å². The number of thiophene rings is 1. The van der Waals surface area contributed by atoms with Crippen molar-refractivity contribution < 1.29 is 23.8 Å². The Bertz CT molecular complexity index is 1000. The van der Waals surface area contributed by atoms with E-state index >= 15 is 0 Å². The Morgan fingerprint density at radius 1 is 1.17 bits per heavy atom. The summed E-state index contributed by atoms with van der Waals surface area (Å²) in [6, 6.07) is 9.39. The van der Waals surface area contributed by atoms with Crippen molar-refractivity contribution in [1.82, 2.24) is 20.8 Å². The van der Waals surface area contributed by atoms with Gasteiger partial charge < -0.3 is 19.9 Å². The zero-order valence-electron chi connectivity index (χ0n) is 14.9. The normalized spacial score (nSPS) is 10.3. The molecule has 29 heavy (non-hydrogen) atoms. The summed E-state index contributed by atoms with van der Waals surface area (Å²) in [6.07, 6.45) is 0. The van der Waals surface area contributed by atoms with Crippen molar-refractivity contribution in [2.24, 2.45) is 0 Å². The number of nitro groups is 1. The second-order valence-corrected chi connectivity index (χ2v) is 6.47. The molecule has 0 aliphatic rings. The topological polar surface area (TPSA) is 149 Å². The molecule has 2 N–H and O–H groups in total. The molecule has 0 saturated carbocycles. The van der Waals surface area contributed by atoms with Crippen LogP contribution in [0.25, 0.3) is 10.7 Å². The number of hydrogen-bond donors (Lipinski definition) is 2. The molecule has 0 aliphatic carbocycles. The highest BCUT2D eigenvalue weighted by Crippen LogP contribution is 2.25. The maximum atomic E-state index is 12.0. The second kappa shape index (κ2) is 9.41. The molecular weight excluding hydrogens is 402 g/mol. The molecule has 0 bridgehead atoms. The molecular formula is C17H15N5O6S. The molecule has 2 amide bonds. The van der Waals surface area contributed by atoms with Gasteiger partial charge in [0.15, 0.2) is 12.4 Å².